The lowest BCUT2D eigenvalue weighted by molar-refractivity contribution is -0.155. The van der Waals surface area contributed by atoms with Crippen LogP contribution >= 0.6 is 15.9 Å². The third kappa shape index (κ3) is 4.38. The number of nitrogens with one attached hydrogen (secondary N) is 1. The van der Waals surface area contributed by atoms with E-state index in [1.807, 2.05) is 30.3 Å². The number of alkyl halides is 1. The van der Waals surface area contributed by atoms with Crippen molar-refractivity contribution in [2.75, 3.05) is 25.6 Å². The fourth-order valence-corrected chi connectivity index (χ4v) is 7.23. The van der Waals surface area contributed by atoms with E-state index >= 15 is 0 Å². The molecule has 9 nitrogen and oxygen atoms in total. The summed E-state index contributed by atoms with van der Waals surface area (Å²) in [5.41, 5.74) is 0.193. The van der Waals surface area contributed by atoms with Gasteiger partial charge >= 0.3 is 5.97 Å². The highest BCUT2D eigenvalue weighted by Gasteiger charge is 2.77. The molecule has 2 aromatic rings. The minimum atomic E-state index is -1.24. The number of carbonyl (C=O) groups excluding carboxylic acids is 3. The number of likely N-dealkylation sites (tertiary alicyclic amines) is 1. The van der Waals surface area contributed by atoms with Gasteiger partial charge < -0.3 is 29.5 Å². The van der Waals surface area contributed by atoms with E-state index in [-0.39, 0.29) is 23.9 Å². The van der Waals surface area contributed by atoms with E-state index in [0.29, 0.717) is 24.3 Å². The van der Waals surface area contributed by atoms with Crippen LogP contribution in [0.25, 0.3) is 0 Å². The third-order valence-electron chi connectivity index (χ3n) is 7.81. The monoisotopic (exact) mass is 586 g/mol. The number of amides is 2. The average molecular weight is 587 g/mol. The number of hydrogen-bond acceptors (Lipinski definition) is 7. The maximum absolute atomic E-state index is 14.2. The van der Waals surface area contributed by atoms with Crippen LogP contribution in [0.3, 0.4) is 0 Å². The number of aliphatic hydroxyl groups excluding tert-OH is 1. The second kappa shape index (κ2) is 10.7. The van der Waals surface area contributed by atoms with Crippen LogP contribution in [-0.4, -0.2) is 76.7 Å². The Morgan fingerprint density at radius 3 is 2.55 bits per heavy atom. The molecule has 3 aliphatic rings. The highest BCUT2D eigenvalue weighted by Crippen LogP contribution is 2.60. The Balaban J connectivity index is 1.54. The van der Waals surface area contributed by atoms with E-state index in [2.05, 4.69) is 21.2 Å². The van der Waals surface area contributed by atoms with Crippen molar-refractivity contribution in [2.24, 2.45) is 11.8 Å². The molecule has 38 heavy (non-hydrogen) atoms. The number of carbonyl (C=O) groups is 3. The minimum Gasteiger partial charge on any atom is -0.497 e. The van der Waals surface area contributed by atoms with Gasteiger partial charge in [0.2, 0.25) is 11.8 Å². The molecule has 1 unspecified atom stereocenters. The van der Waals surface area contributed by atoms with Crippen molar-refractivity contribution in [3.63, 3.8) is 0 Å². The lowest BCUT2D eigenvalue weighted by Crippen LogP contribution is -2.57. The summed E-state index contributed by atoms with van der Waals surface area (Å²) >= 11 is 3.64. The first-order chi connectivity index (χ1) is 18.3. The number of nitrogens with zero attached hydrogens (tertiary/aromatic N) is 1. The van der Waals surface area contributed by atoms with Crippen molar-refractivity contribution in [3.8, 4) is 5.75 Å². The Hall–Kier alpha value is -2.95. The summed E-state index contributed by atoms with van der Waals surface area (Å²) in [6, 6.07) is 14.6. The number of esters is 1. The van der Waals surface area contributed by atoms with Crippen LogP contribution in [0.4, 0.5) is 5.69 Å². The molecule has 3 aliphatic heterocycles. The topological polar surface area (TPSA) is 114 Å². The normalized spacial score (nSPS) is 30.2. The van der Waals surface area contributed by atoms with Gasteiger partial charge in [-0.15, -0.1) is 0 Å². The summed E-state index contributed by atoms with van der Waals surface area (Å²) in [4.78, 5) is 42.4. The molecule has 0 aliphatic carbocycles. The van der Waals surface area contributed by atoms with Crippen LogP contribution in [-0.2, 0) is 30.3 Å². The first kappa shape index (κ1) is 26.6. The Morgan fingerprint density at radius 2 is 1.92 bits per heavy atom. The van der Waals surface area contributed by atoms with Gasteiger partial charge in [0.05, 0.1) is 44.3 Å². The summed E-state index contributed by atoms with van der Waals surface area (Å²) in [6.45, 7) is 1.52. The van der Waals surface area contributed by atoms with E-state index in [1.54, 1.807) is 38.3 Å². The number of hydrogen-bond donors (Lipinski definition) is 2. The zero-order valence-corrected chi connectivity index (χ0v) is 22.8. The lowest BCUT2D eigenvalue weighted by Gasteiger charge is -2.37. The Bertz CT molecular complexity index is 1190. The molecule has 0 radical (unpaired) electrons. The van der Waals surface area contributed by atoms with Gasteiger partial charge in [0.25, 0.3) is 0 Å². The van der Waals surface area contributed by atoms with Gasteiger partial charge in [0, 0.05) is 10.5 Å². The molecule has 2 amide bonds. The maximum atomic E-state index is 14.2. The summed E-state index contributed by atoms with van der Waals surface area (Å²) in [7, 11) is 1.56. The van der Waals surface area contributed by atoms with E-state index in [4.69, 9.17) is 14.2 Å². The number of rotatable bonds is 9. The average Bonchev–Trinajstić information content (AvgIpc) is 3.51. The fraction of sp³-hybridized carbons (Fsp3) is 0.464. The van der Waals surface area contributed by atoms with Crippen molar-refractivity contribution in [1.82, 2.24) is 4.90 Å². The maximum Gasteiger partial charge on any atom is 0.312 e. The molecule has 2 aromatic carbocycles. The van der Waals surface area contributed by atoms with Crippen molar-refractivity contribution < 1.29 is 33.7 Å². The molecule has 7 atom stereocenters. The zero-order chi connectivity index (χ0) is 27.0. The van der Waals surface area contributed by atoms with Gasteiger partial charge in [0.15, 0.2) is 0 Å². The van der Waals surface area contributed by atoms with Crippen molar-refractivity contribution >= 4 is 39.4 Å². The van der Waals surface area contributed by atoms with Gasteiger partial charge in [-0.1, -0.05) is 46.3 Å². The van der Waals surface area contributed by atoms with Crippen LogP contribution in [0.5, 0.6) is 5.75 Å². The molecule has 3 heterocycles. The molecule has 2 N–H and O–H groups in total. The van der Waals surface area contributed by atoms with Crippen LogP contribution in [0, 0.1) is 11.8 Å². The molecule has 3 fully saturated rings. The SMILES string of the molecule is CCOC(=O)[C@H]1[C@@H]2O[C@@]3(CC2Br)[C@@H]1C(=O)N([C@@H](CO)Cc1ccccc1)[C@@H]3C(=O)Nc1ccc(OC)cc1. The van der Waals surface area contributed by atoms with Crippen LogP contribution in [0.2, 0.25) is 0 Å². The molecular weight excluding hydrogens is 556 g/mol. The van der Waals surface area contributed by atoms with Gasteiger partial charge in [-0.3, -0.25) is 14.4 Å². The molecule has 0 saturated carbocycles. The molecule has 2 bridgehead atoms. The second-order valence-corrected chi connectivity index (χ2v) is 11.1. The van der Waals surface area contributed by atoms with Gasteiger partial charge in [-0.2, -0.15) is 0 Å². The zero-order valence-electron chi connectivity index (χ0n) is 21.2. The molecular formula is C28H31BrN2O7. The summed E-state index contributed by atoms with van der Waals surface area (Å²) in [5, 5.41) is 13.4. The Morgan fingerprint density at radius 1 is 1.21 bits per heavy atom. The highest BCUT2D eigenvalue weighted by molar-refractivity contribution is 9.09. The molecule has 0 aromatic heterocycles. The number of halogens is 1. The number of ether oxygens (including phenoxy) is 3. The third-order valence-corrected chi connectivity index (χ3v) is 8.65. The van der Waals surface area contributed by atoms with Crippen molar-refractivity contribution in [1.29, 1.82) is 0 Å². The summed E-state index contributed by atoms with van der Waals surface area (Å²) < 4.78 is 17.0. The van der Waals surface area contributed by atoms with Crippen molar-refractivity contribution in [3.05, 3.63) is 60.2 Å². The number of fused-ring (bicyclic) bond motifs is 1. The molecule has 3 saturated heterocycles. The number of aliphatic hydroxyl groups is 1. The predicted octanol–water partition coefficient (Wildman–Crippen LogP) is 2.55. The van der Waals surface area contributed by atoms with Crippen molar-refractivity contribution in [2.45, 2.75) is 48.4 Å². The van der Waals surface area contributed by atoms with E-state index in [9.17, 15) is 19.5 Å². The first-order valence-electron chi connectivity index (χ1n) is 12.7. The van der Waals surface area contributed by atoms with Gasteiger partial charge in [0.1, 0.15) is 17.4 Å². The summed E-state index contributed by atoms with van der Waals surface area (Å²) in [6.07, 6.45) is 0.108. The largest absolute Gasteiger partial charge is 0.497 e. The Kier molecular flexibility index (Phi) is 7.48. The summed E-state index contributed by atoms with van der Waals surface area (Å²) in [5.74, 6) is -2.44. The molecule has 10 heteroatoms. The van der Waals surface area contributed by atoms with Crippen LogP contribution in [0.1, 0.15) is 18.9 Å². The molecule has 202 valence electrons. The smallest absolute Gasteiger partial charge is 0.312 e. The van der Waals surface area contributed by atoms with E-state index < -0.39 is 47.5 Å². The lowest BCUT2D eigenvalue weighted by atomic mass is 9.70. The number of methoxy groups -OCH3 is 1. The van der Waals surface area contributed by atoms with Gasteiger partial charge in [-0.25, -0.2) is 0 Å². The standard InChI is InChI=1S/C28H31BrN2O7/c1-3-37-27(35)21-22-26(34)31(18(15-32)13-16-7-5-4-6-8-16)24(28(22)14-20(29)23(21)38-28)25(33)30-17-9-11-19(36-2)12-10-17/h4-12,18,20-24,32H,3,13-15H2,1-2H3,(H,30,33)/t18-,20?,21-,22+,23-,24-,28+/m1/s1. The molecule has 1 spiro atoms. The fourth-order valence-electron chi connectivity index (χ4n) is 6.29. The van der Waals surface area contributed by atoms with E-state index in [1.165, 1.54) is 4.90 Å². The molecule has 5 rings (SSSR count). The van der Waals surface area contributed by atoms with E-state index in [0.717, 1.165) is 5.56 Å². The van der Waals surface area contributed by atoms with Crippen LogP contribution < -0.4 is 10.1 Å². The number of benzene rings is 2. The first-order valence-corrected chi connectivity index (χ1v) is 13.7. The second-order valence-electron chi connectivity index (χ2n) is 9.90. The quantitative estimate of drug-likeness (QED) is 0.343. The highest BCUT2D eigenvalue weighted by atomic mass is 79.9. The Labute approximate surface area is 229 Å². The van der Waals surface area contributed by atoms with Gasteiger partial charge in [-0.05, 0) is 49.6 Å². The van der Waals surface area contributed by atoms with Crippen LogP contribution in [0.15, 0.2) is 54.6 Å². The minimum absolute atomic E-state index is 0.168. The number of anilines is 1. The predicted molar refractivity (Wildman–Crippen MR) is 142 cm³/mol.